The highest BCUT2D eigenvalue weighted by Gasteiger charge is 2.36. The lowest BCUT2D eigenvalue weighted by molar-refractivity contribution is -0.118. The van der Waals surface area contributed by atoms with Gasteiger partial charge in [-0.1, -0.05) is 42.8 Å². The molecule has 3 atom stereocenters. The number of rotatable bonds is 9. The Morgan fingerprint density at radius 2 is 1.64 bits per heavy atom. The van der Waals surface area contributed by atoms with Crippen LogP contribution in [0.4, 0.5) is 5.69 Å². The summed E-state index contributed by atoms with van der Waals surface area (Å²) >= 11 is 6.28. The third kappa shape index (κ3) is 6.31. The fourth-order valence-electron chi connectivity index (χ4n) is 6.29. The molecule has 6 nitrogen and oxygen atoms in total. The predicted molar refractivity (Wildman–Crippen MR) is 171 cm³/mol. The van der Waals surface area contributed by atoms with Gasteiger partial charge >= 0.3 is 0 Å². The average molecular weight is 590 g/mol. The summed E-state index contributed by atoms with van der Waals surface area (Å²) in [6.07, 6.45) is 3.58. The topological polar surface area (TPSA) is 45.3 Å². The van der Waals surface area contributed by atoms with Crippen LogP contribution in [0.1, 0.15) is 74.4 Å². The van der Waals surface area contributed by atoms with Gasteiger partial charge in [0.1, 0.15) is 0 Å². The van der Waals surface area contributed by atoms with Crippen molar-refractivity contribution in [3.63, 3.8) is 0 Å². The van der Waals surface area contributed by atoms with Gasteiger partial charge in [0.25, 0.3) is 0 Å². The Morgan fingerprint density at radius 3 is 2.24 bits per heavy atom. The zero-order chi connectivity index (χ0) is 30.0. The first-order valence-electron chi connectivity index (χ1n) is 15.2. The lowest BCUT2D eigenvalue weighted by atomic mass is 9.86. The number of likely N-dealkylation sites (tertiary alicyclic amines) is 1. The number of ether oxygens (including phenoxy) is 2. The van der Waals surface area contributed by atoms with Crippen LogP contribution in [-0.2, 0) is 11.2 Å². The smallest absolute Gasteiger partial charge is 0.232 e. The van der Waals surface area contributed by atoms with Gasteiger partial charge in [-0.2, -0.15) is 0 Å². The molecule has 1 amide bonds. The van der Waals surface area contributed by atoms with Crippen molar-refractivity contribution in [3.8, 4) is 11.5 Å². The standard InChI is InChI=1S/C35H44ClN3O3/c1-7-23(2)42-33-22-31-27(20-32(33)41-6)21-34(40)39(35(31)26-8-12-28(36)13-9-26)30-14-10-25(11-15-30)24(3)38-18-16-29(17-19-38)37(4)5/h8-15,20,22-24,29,35H,7,16-19,21H2,1-6H3/t23-,24-,35-/m1/s1. The first kappa shape index (κ1) is 30.4. The molecule has 2 aliphatic heterocycles. The molecule has 0 aliphatic carbocycles. The molecular formula is C35H44ClN3O3. The highest BCUT2D eigenvalue weighted by atomic mass is 35.5. The van der Waals surface area contributed by atoms with Crippen LogP contribution < -0.4 is 14.4 Å². The highest BCUT2D eigenvalue weighted by Crippen LogP contribution is 2.44. The zero-order valence-corrected chi connectivity index (χ0v) is 26.5. The summed E-state index contributed by atoms with van der Waals surface area (Å²) in [4.78, 5) is 20.7. The largest absolute Gasteiger partial charge is 0.493 e. The van der Waals surface area contributed by atoms with Gasteiger partial charge in [-0.05, 0) is 106 Å². The number of fused-ring (bicyclic) bond motifs is 1. The Kier molecular flexibility index (Phi) is 9.46. The van der Waals surface area contributed by atoms with E-state index in [1.807, 2.05) is 35.2 Å². The minimum absolute atomic E-state index is 0.0375. The molecule has 0 bridgehead atoms. The number of halogens is 1. The summed E-state index contributed by atoms with van der Waals surface area (Å²) in [7, 11) is 6.00. The van der Waals surface area contributed by atoms with Crippen LogP contribution in [-0.4, -0.2) is 62.1 Å². The van der Waals surface area contributed by atoms with Crippen LogP contribution in [0.3, 0.4) is 0 Å². The fraction of sp³-hybridized carbons (Fsp3) is 0.457. The molecule has 0 saturated carbocycles. The minimum atomic E-state index is -0.322. The molecule has 224 valence electrons. The van der Waals surface area contributed by atoms with Crippen LogP contribution >= 0.6 is 11.6 Å². The van der Waals surface area contributed by atoms with E-state index in [1.54, 1.807) is 7.11 Å². The van der Waals surface area contributed by atoms with E-state index in [0.29, 0.717) is 35.0 Å². The molecule has 3 aromatic rings. The van der Waals surface area contributed by atoms with Crippen molar-refractivity contribution in [3.05, 3.63) is 87.9 Å². The van der Waals surface area contributed by atoms with Gasteiger partial charge in [-0.25, -0.2) is 0 Å². The van der Waals surface area contributed by atoms with E-state index >= 15 is 0 Å². The maximum Gasteiger partial charge on any atom is 0.232 e. The van der Waals surface area contributed by atoms with Gasteiger partial charge in [-0.15, -0.1) is 0 Å². The van der Waals surface area contributed by atoms with Gasteiger partial charge in [0.15, 0.2) is 11.5 Å². The normalized spacial score (nSPS) is 19.5. The number of anilines is 1. The zero-order valence-electron chi connectivity index (χ0n) is 25.8. The van der Waals surface area contributed by atoms with Crippen molar-refractivity contribution in [1.29, 1.82) is 0 Å². The number of hydrogen-bond acceptors (Lipinski definition) is 5. The quantitative estimate of drug-likeness (QED) is 0.262. The third-order valence-electron chi connectivity index (χ3n) is 9.11. The number of hydrogen-bond donors (Lipinski definition) is 0. The van der Waals surface area contributed by atoms with Crippen molar-refractivity contribution in [2.24, 2.45) is 0 Å². The number of benzene rings is 3. The maximum absolute atomic E-state index is 13.9. The van der Waals surface area contributed by atoms with Gasteiger partial charge in [0.05, 0.1) is 25.7 Å². The van der Waals surface area contributed by atoms with Gasteiger partial charge in [-0.3, -0.25) is 9.69 Å². The summed E-state index contributed by atoms with van der Waals surface area (Å²) in [5.74, 6) is 1.39. The van der Waals surface area contributed by atoms with E-state index in [9.17, 15) is 4.79 Å². The lowest BCUT2D eigenvalue weighted by Gasteiger charge is -2.39. The molecule has 0 aromatic heterocycles. The summed E-state index contributed by atoms with van der Waals surface area (Å²) in [5, 5.41) is 0.663. The highest BCUT2D eigenvalue weighted by molar-refractivity contribution is 6.30. The molecule has 2 heterocycles. The Hall–Kier alpha value is -3.06. The van der Waals surface area contributed by atoms with Crippen molar-refractivity contribution < 1.29 is 14.3 Å². The number of piperidine rings is 1. The monoisotopic (exact) mass is 589 g/mol. The van der Waals surface area contributed by atoms with E-state index < -0.39 is 0 Å². The van der Waals surface area contributed by atoms with Gasteiger partial charge < -0.3 is 19.3 Å². The summed E-state index contributed by atoms with van der Waals surface area (Å²) in [5.41, 5.74) is 5.14. The SMILES string of the molecule is CC[C@@H](C)Oc1cc2c(cc1OC)CC(=O)N(c1ccc([C@@H](C)N3CCC(N(C)C)CC3)cc1)[C@@H]2c1ccc(Cl)cc1. The average Bonchev–Trinajstić information content (AvgIpc) is 3.00. The minimum Gasteiger partial charge on any atom is -0.493 e. The maximum atomic E-state index is 13.9. The molecule has 42 heavy (non-hydrogen) atoms. The molecule has 1 fully saturated rings. The Balaban J connectivity index is 1.49. The van der Waals surface area contributed by atoms with Crippen molar-refractivity contribution in [2.45, 2.75) is 70.7 Å². The first-order chi connectivity index (χ1) is 20.2. The molecule has 7 heteroatoms. The van der Waals surface area contributed by atoms with E-state index in [1.165, 1.54) is 18.4 Å². The van der Waals surface area contributed by atoms with Crippen LogP contribution in [0.5, 0.6) is 11.5 Å². The number of methoxy groups -OCH3 is 1. The number of carbonyl (C=O) groups is 1. The first-order valence-corrected chi connectivity index (χ1v) is 15.5. The van der Waals surface area contributed by atoms with Gasteiger partial charge in [0.2, 0.25) is 5.91 Å². The lowest BCUT2D eigenvalue weighted by Crippen LogP contribution is -2.42. The third-order valence-corrected chi connectivity index (χ3v) is 9.36. The molecule has 0 radical (unpaired) electrons. The Bertz CT molecular complexity index is 1370. The second-order valence-corrected chi connectivity index (χ2v) is 12.4. The molecule has 0 unspecified atom stereocenters. The molecule has 5 rings (SSSR count). The summed E-state index contributed by atoms with van der Waals surface area (Å²) in [6, 6.07) is 21.1. The molecule has 2 aliphatic rings. The summed E-state index contributed by atoms with van der Waals surface area (Å²) in [6.45, 7) is 8.63. The fourth-order valence-corrected chi connectivity index (χ4v) is 6.41. The van der Waals surface area contributed by atoms with Crippen molar-refractivity contribution in [1.82, 2.24) is 9.80 Å². The second-order valence-electron chi connectivity index (χ2n) is 11.9. The number of carbonyl (C=O) groups excluding carboxylic acids is 1. The Labute approximate surface area is 256 Å². The van der Waals surface area contributed by atoms with Crippen LogP contribution in [0, 0.1) is 0 Å². The number of amides is 1. The van der Waals surface area contributed by atoms with Crippen molar-refractivity contribution >= 4 is 23.2 Å². The molecule has 0 spiro atoms. The van der Waals surface area contributed by atoms with E-state index in [0.717, 1.165) is 41.9 Å². The Morgan fingerprint density at radius 1 is 0.976 bits per heavy atom. The molecule has 3 aromatic carbocycles. The van der Waals surface area contributed by atoms with Crippen LogP contribution in [0.15, 0.2) is 60.7 Å². The second kappa shape index (κ2) is 13.1. The van der Waals surface area contributed by atoms with Crippen molar-refractivity contribution in [2.75, 3.05) is 39.2 Å². The molecule has 0 N–H and O–H groups in total. The molecular weight excluding hydrogens is 546 g/mol. The van der Waals surface area contributed by atoms with Crippen LogP contribution in [0.2, 0.25) is 5.02 Å². The van der Waals surface area contributed by atoms with Gasteiger partial charge in [0, 0.05) is 35.9 Å². The predicted octanol–water partition coefficient (Wildman–Crippen LogP) is 7.29. The van der Waals surface area contributed by atoms with Crippen LogP contribution in [0.25, 0.3) is 0 Å². The number of nitrogens with zero attached hydrogens (tertiary/aromatic N) is 3. The summed E-state index contributed by atoms with van der Waals surface area (Å²) < 4.78 is 12.0. The van der Waals surface area contributed by atoms with E-state index in [2.05, 4.69) is 75.0 Å². The van der Waals surface area contributed by atoms with E-state index in [4.69, 9.17) is 21.1 Å². The molecule has 1 saturated heterocycles. The van der Waals surface area contributed by atoms with E-state index in [-0.39, 0.29) is 18.1 Å².